The van der Waals surface area contributed by atoms with Crippen molar-refractivity contribution >= 4 is 22.0 Å². The van der Waals surface area contributed by atoms with Crippen molar-refractivity contribution in [3.8, 4) is 5.75 Å². The second-order valence-electron chi connectivity index (χ2n) is 7.57. The summed E-state index contributed by atoms with van der Waals surface area (Å²) in [4.78, 5) is 24.8. The topological polar surface area (TPSA) is 125 Å². The number of nitrogens with one attached hydrogen (secondary N) is 1. The van der Waals surface area contributed by atoms with E-state index in [1.807, 2.05) is 0 Å². The predicted octanol–water partition coefficient (Wildman–Crippen LogP) is 1.21. The molecule has 1 saturated heterocycles. The van der Waals surface area contributed by atoms with Crippen LogP contribution in [0.25, 0.3) is 0 Å². The Hall–Kier alpha value is -2.37. The minimum absolute atomic E-state index is 0.0761. The minimum Gasteiger partial charge on any atom is -0.497 e. The predicted molar refractivity (Wildman–Crippen MR) is 114 cm³/mol. The lowest BCUT2D eigenvalue weighted by Gasteiger charge is -2.31. The first-order valence-electron chi connectivity index (χ1n) is 10.0. The molecule has 1 aliphatic heterocycles. The summed E-state index contributed by atoms with van der Waals surface area (Å²) < 4.78 is 37.7. The van der Waals surface area contributed by atoms with Crippen LogP contribution >= 0.6 is 0 Å². The molecule has 0 aromatic heterocycles. The SMILES string of the molecule is COc1cc(C)c(S(=O)(=O)N(C)CCOCC(=O)N2CCC(NC(=O)O)CC2)c(C)c1. The largest absolute Gasteiger partial charge is 0.497 e. The molecule has 0 radical (unpaired) electrons. The van der Waals surface area contributed by atoms with Gasteiger partial charge < -0.3 is 24.8 Å². The van der Waals surface area contributed by atoms with Gasteiger partial charge in [0.05, 0.1) is 18.6 Å². The molecule has 31 heavy (non-hydrogen) atoms. The average molecular weight is 458 g/mol. The highest BCUT2D eigenvalue weighted by molar-refractivity contribution is 7.89. The van der Waals surface area contributed by atoms with E-state index in [1.54, 1.807) is 30.9 Å². The van der Waals surface area contributed by atoms with Crippen molar-refractivity contribution < 1.29 is 32.6 Å². The zero-order valence-corrected chi connectivity index (χ0v) is 19.2. The highest BCUT2D eigenvalue weighted by Gasteiger charge is 2.26. The van der Waals surface area contributed by atoms with Crippen LogP contribution in [-0.2, 0) is 19.6 Å². The number of nitrogens with zero attached hydrogens (tertiary/aromatic N) is 2. The van der Waals surface area contributed by atoms with Gasteiger partial charge >= 0.3 is 6.09 Å². The number of rotatable bonds is 9. The first kappa shape index (κ1) is 24.9. The van der Waals surface area contributed by atoms with E-state index >= 15 is 0 Å². The number of benzene rings is 1. The van der Waals surface area contributed by atoms with E-state index in [0.717, 1.165) is 0 Å². The van der Waals surface area contributed by atoms with Crippen LogP contribution in [0, 0.1) is 13.8 Å². The van der Waals surface area contributed by atoms with Gasteiger partial charge in [0.2, 0.25) is 15.9 Å². The minimum atomic E-state index is -3.72. The zero-order valence-electron chi connectivity index (χ0n) is 18.4. The van der Waals surface area contributed by atoms with E-state index in [2.05, 4.69) is 5.32 Å². The van der Waals surface area contributed by atoms with Gasteiger partial charge in [0, 0.05) is 32.7 Å². The number of carboxylic acid groups (broad SMARTS) is 1. The number of amides is 2. The molecule has 11 heteroatoms. The van der Waals surface area contributed by atoms with Crippen molar-refractivity contribution in [1.82, 2.24) is 14.5 Å². The zero-order chi connectivity index (χ0) is 23.2. The highest BCUT2D eigenvalue weighted by atomic mass is 32.2. The van der Waals surface area contributed by atoms with Crippen LogP contribution in [0.1, 0.15) is 24.0 Å². The molecule has 0 bridgehead atoms. The number of piperidine rings is 1. The second kappa shape index (κ2) is 10.8. The van der Waals surface area contributed by atoms with Gasteiger partial charge in [-0.05, 0) is 49.9 Å². The molecule has 1 aromatic carbocycles. The van der Waals surface area contributed by atoms with Gasteiger partial charge in [-0.2, -0.15) is 4.31 Å². The third-order valence-corrected chi connectivity index (χ3v) is 7.45. The van der Waals surface area contributed by atoms with Gasteiger partial charge in [0.1, 0.15) is 12.4 Å². The fourth-order valence-electron chi connectivity index (χ4n) is 3.60. The Morgan fingerprint density at radius 1 is 1.23 bits per heavy atom. The van der Waals surface area contributed by atoms with Crippen molar-refractivity contribution in [2.45, 2.75) is 37.6 Å². The molecular formula is C20H31N3O7S. The fourth-order valence-corrected chi connectivity index (χ4v) is 5.16. The summed E-state index contributed by atoms with van der Waals surface area (Å²) in [6, 6.07) is 3.21. The standard InChI is InChI=1S/C20H31N3O7S/c1-14-11-17(29-4)12-15(2)19(14)31(27,28)22(3)9-10-30-13-18(24)23-7-5-16(6-8-23)21-20(25)26/h11-12,16,21H,5-10,13H2,1-4H3,(H,25,26). The monoisotopic (exact) mass is 457 g/mol. The number of methoxy groups -OCH3 is 1. The smallest absolute Gasteiger partial charge is 0.404 e. The third-order valence-electron chi connectivity index (χ3n) is 5.29. The van der Waals surface area contributed by atoms with Gasteiger partial charge in [-0.15, -0.1) is 0 Å². The number of carbonyl (C=O) groups excluding carboxylic acids is 1. The number of hydrogen-bond donors (Lipinski definition) is 2. The lowest BCUT2D eigenvalue weighted by Crippen LogP contribution is -2.47. The third kappa shape index (κ3) is 6.55. The molecule has 10 nitrogen and oxygen atoms in total. The van der Waals surface area contributed by atoms with E-state index < -0.39 is 16.1 Å². The Kier molecular flexibility index (Phi) is 8.66. The maximum Gasteiger partial charge on any atom is 0.404 e. The Bertz CT molecular complexity index is 873. The molecule has 2 amide bonds. The molecule has 0 saturated carbocycles. The lowest BCUT2D eigenvalue weighted by atomic mass is 10.1. The molecular weight excluding hydrogens is 426 g/mol. The van der Waals surface area contributed by atoms with E-state index in [9.17, 15) is 18.0 Å². The molecule has 1 heterocycles. The van der Waals surface area contributed by atoms with Gasteiger partial charge in [0.15, 0.2) is 0 Å². The normalized spacial score (nSPS) is 15.2. The summed E-state index contributed by atoms with van der Waals surface area (Å²) >= 11 is 0. The highest BCUT2D eigenvalue weighted by Crippen LogP contribution is 2.27. The molecule has 2 N–H and O–H groups in total. The van der Waals surface area contributed by atoms with Crippen LogP contribution in [0.15, 0.2) is 17.0 Å². The Labute approximate surface area is 183 Å². The second-order valence-corrected chi connectivity index (χ2v) is 9.56. The number of likely N-dealkylation sites (N-methyl/N-ethyl adjacent to an activating group) is 1. The van der Waals surface area contributed by atoms with Gasteiger partial charge in [-0.3, -0.25) is 4.79 Å². The van der Waals surface area contributed by atoms with E-state index in [0.29, 0.717) is 42.8 Å². The molecule has 174 valence electrons. The summed E-state index contributed by atoms with van der Waals surface area (Å²) in [7, 11) is -0.709. The van der Waals surface area contributed by atoms with Crippen molar-refractivity contribution in [1.29, 1.82) is 0 Å². The molecule has 0 atom stereocenters. The number of likely N-dealkylation sites (tertiary alicyclic amines) is 1. The molecule has 2 rings (SSSR count). The van der Waals surface area contributed by atoms with Crippen LogP contribution in [0.4, 0.5) is 4.79 Å². The first-order chi connectivity index (χ1) is 14.6. The van der Waals surface area contributed by atoms with Crippen molar-refractivity contribution in [2.75, 3.05) is 47.0 Å². The number of carbonyl (C=O) groups is 2. The number of aryl methyl sites for hydroxylation is 2. The number of hydrogen-bond acceptors (Lipinski definition) is 6. The molecule has 0 spiro atoms. The van der Waals surface area contributed by atoms with E-state index in [-0.39, 0.29) is 36.6 Å². The summed E-state index contributed by atoms with van der Waals surface area (Å²) in [5.41, 5.74) is 1.20. The maximum absolute atomic E-state index is 13.0. The Morgan fingerprint density at radius 3 is 2.32 bits per heavy atom. The summed E-state index contributed by atoms with van der Waals surface area (Å²) in [6.45, 7) is 4.39. The van der Waals surface area contributed by atoms with Crippen LogP contribution in [-0.4, -0.2) is 87.8 Å². The molecule has 0 aliphatic carbocycles. The average Bonchev–Trinajstić information content (AvgIpc) is 2.70. The quantitative estimate of drug-likeness (QED) is 0.534. The van der Waals surface area contributed by atoms with Crippen LogP contribution in [0.3, 0.4) is 0 Å². The van der Waals surface area contributed by atoms with Gasteiger partial charge in [-0.25, -0.2) is 13.2 Å². The van der Waals surface area contributed by atoms with Crippen molar-refractivity contribution in [2.24, 2.45) is 0 Å². The van der Waals surface area contributed by atoms with Gasteiger partial charge in [-0.1, -0.05) is 0 Å². The number of sulfonamides is 1. The summed E-state index contributed by atoms with van der Waals surface area (Å²) in [5.74, 6) is 0.405. The van der Waals surface area contributed by atoms with Crippen molar-refractivity contribution in [3.63, 3.8) is 0 Å². The molecule has 1 fully saturated rings. The van der Waals surface area contributed by atoms with Crippen LogP contribution in [0.2, 0.25) is 0 Å². The lowest BCUT2D eigenvalue weighted by molar-refractivity contribution is -0.137. The Balaban J connectivity index is 1.82. The van der Waals surface area contributed by atoms with Gasteiger partial charge in [0.25, 0.3) is 0 Å². The van der Waals surface area contributed by atoms with E-state index in [1.165, 1.54) is 18.5 Å². The Morgan fingerprint density at radius 2 is 1.81 bits per heavy atom. The van der Waals surface area contributed by atoms with E-state index in [4.69, 9.17) is 14.6 Å². The van der Waals surface area contributed by atoms with Crippen LogP contribution in [0.5, 0.6) is 5.75 Å². The van der Waals surface area contributed by atoms with Crippen LogP contribution < -0.4 is 10.1 Å². The molecule has 1 aliphatic rings. The van der Waals surface area contributed by atoms with Crippen molar-refractivity contribution in [3.05, 3.63) is 23.3 Å². The molecule has 1 aromatic rings. The first-order valence-corrected chi connectivity index (χ1v) is 11.5. The molecule has 0 unspecified atom stereocenters. The fraction of sp³-hybridized carbons (Fsp3) is 0.600. The summed E-state index contributed by atoms with van der Waals surface area (Å²) in [6.07, 6.45) is 0.0475. The number of ether oxygens (including phenoxy) is 2. The summed E-state index contributed by atoms with van der Waals surface area (Å²) in [5, 5.41) is 11.2. The maximum atomic E-state index is 13.0.